The molecule has 0 unspecified atom stereocenters. The molecule has 1 heterocycles. The number of carboxylic acid groups (broad SMARTS) is 1. The largest absolute Gasteiger partial charge is 0.481 e. The van der Waals surface area contributed by atoms with Crippen LogP contribution in [0.2, 0.25) is 0 Å². The Morgan fingerprint density at radius 3 is 2.80 bits per heavy atom. The SMILES string of the molecule is COc1ncccc1C1(C(=O)O)CCC1. The summed E-state index contributed by atoms with van der Waals surface area (Å²) in [6, 6.07) is 3.54. The summed E-state index contributed by atoms with van der Waals surface area (Å²) in [6.45, 7) is 0. The molecule has 1 aliphatic carbocycles. The van der Waals surface area contributed by atoms with Crippen LogP contribution in [0.15, 0.2) is 18.3 Å². The smallest absolute Gasteiger partial charge is 0.314 e. The minimum atomic E-state index is -0.778. The van der Waals surface area contributed by atoms with Gasteiger partial charge in [-0.3, -0.25) is 4.79 Å². The second kappa shape index (κ2) is 3.53. The van der Waals surface area contributed by atoms with Gasteiger partial charge in [-0.05, 0) is 18.9 Å². The molecule has 1 aromatic heterocycles. The van der Waals surface area contributed by atoms with Gasteiger partial charge in [-0.25, -0.2) is 4.98 Å². The van der Waals surface area contributed by atoms with E-state index < -0.39 is 11.4 Å². The van der Waals surface area contributed by atoms with Crippen LogP contribution in [0, 0.1) is 0 Å². The molecule has 1 aliphatic rings. The maximum absolute atomic E-state index is 11.3. The summed E-state index contributed by atoms with van der Waals surface area (Å²) in [5.41, 5.74) is -0.0641. The molecule has 1 fully saturated rings. The van der Waals surface area contributed by atoms with Crippen molar-refractivity contribution >= 4 is 5.97 Å². The quantitative estimate of drug-likeness (QED) is 0.817. The van der Waals surface area contributed by atoms with Crippen molar-refractivity contribution in [2.24, 2.45) is 0 Å². The normalized spacial score (nSPS) is 17.9. The lowest BCUT2D eigenvalue weighted by atomic mass is 9.64. The van der Waals surface area contributed by atoms with Crippen molar-refractivity contribution in [1.82, 2.24) is 4.98 Å². The van der Waals surface area contributed by atoms with E-state index in [-0.39, 0.29) is 0 Å². The van der Waals surface area contributed by atoms with Crippen molar-refractivity contribution < 1.29 is 14.6 Å². The molecule has 80 valence electrons. The Labute approximate surface area is 87.9 Å². The zero-order valence-electron chi connectivity index (χ0n) is 8.56. The van der Waals surface area contributed by atoms with Crippen molar-refractivity contribution in [3.05, 3.63) is 23.9 Å². The molecule has 4 heteroatoms. The molecule has 0 radical (unpaired) electrons. The first-order valence-electron chi connectivity index (χ1n) is 4.93. The highest BCUT2D eigenvalue weighted by Crippen LogP contribution is 2.46. The summed E-state index contributed by atoms with van der Waals surface area (Å²) >= 11 is 0. The molecule has 0 spiro atoms. The molecule has 15 heavy (non-hydrogen) atoms. The van der Waals surface area contributed by atoms with Gasteiger partial charge in [0, 0.05) is 11.8 Å². The van der Waals surface area contributed by atoms with E-state index in [2.05, 4.69) is 4.98 Å². The summed E-state index contributed by atoms with van der Waals surface area (Å²) in [7, 11) is 1.51. The van der Waals surface area contributed by atoms with Crippen LogP contribution in [0.4, 0.5) is 0 Å². The third-order valence-corrected chi connectivity index (χ3v) is 3.10. The molecule has 0 bridgehead atoms. The summed E-state index contributed by atoms with van der Waals surface area (Å²) < 4.78 is 5.10. The predicted molar refractivity (Wildman–Crippen MR) is 54.0 cm³/mol. The zero-order chi connectivity index (χ0) is 10.9. The van der Waals surface area contributed by atoms with Crippen LogP contribution in [0.3, 0.4) is 0 Å². The van der Waals surface area contributed by atoms with E-state index in [1.165, 1.54) is 7.11 Å². The maximum atomic E-state index is 11.3. The number of aromatic nitrogens is 1. The summed E-state index contributed by atoms with van der Waals surface area (Å²) in [5, 5.41) is 9.27. The van der Waals surface area contributed by atoms with Gasteiger partial charge in [0.15, 0.2) is 0 Å². The third kappa shape index (κ3) is 1.37. The third-order valence-electron chi connectivity index (χ3n) is 3.10. The highest BCUT2D eigenvalue weighted by Gasteiger charge is 2.48. The first-order valence-corrected chi connectivity index (χ1v) is 4.93. The molecule has 2 rings (SSSR count). The first-order chi connectivity index (χ1) is 7.20. The molecule has 1 aromatic rings. The van der Waals surface area contributed by atoms with E-state index in [0.29, 0.717) is 24.3 Å². The number of nitrogens with zero attached hydrogens (tertiary/aromatic N) is 1. The van der Waals surface area contributed by atoms with Crippen LogP contribution >= 0.6 is 0 Å². The van der Waals surface area contributed by atoms with Gasteiger partial charge in [0.05, 0.1) is 12.5 Å². The van der Waals surface area contributed by atoms with Gasteiger partial charge in [-0.1, -0.05) is 12.5 Å². The van der Waals surface area contributed by atoms with Gasteiger partial charge >= 0.3 is 5.97 Å². The van der Waals surface area contributed by atoms with Crippen molar-refractivity contribution in [2.75, 3.05) is 7.11 Å². The van der Waals surface area contributed by atoms with E-state index in [1.54, 1.807) is 18.3 Å². The van der Waals surface area contributed by atoms with Gasteiger partial charge < -0.3 is 9.84 Å². The fourth-order valence-corrected chi connectivity index (χ4v) is 2.05. The monoisotopic (exact) mass is 207 g/mol. The van der Waals surface area contributed by atoms with Crippen LogP contribution in [-0.2, 0) is 10.2 Å². The van der Waals surface area contributed by atoms with Gasteiger partial charge in [0.1, 0.15) is 0 Å². The highest BCUT2D eigenvalue weighted by molar-refractivity contribution is 5.83. The minimum Gasteiger partial charge on any atom is -0.481 e. The van der Waals surface area contributed by atoms with Crippen molar-refractivity contribution in [2.45, 2.75) is 24.7 Å². The molecule has 0 aromatic carbocycles. The molecule has 1 N–H and O–H groups in total. The van der Waals surface area contributed by atoms with Crippen LogP contribution in [0.25, 0.3) is 0 Å². The van der Waals surface area contributed by atoms with Crippen LogP contribution in [-0.4, -0.2) is 23.2 Å². The number of aliphatic carboxylic acids is 1. The number of carbonyl (C=O) groups is 1. The van der Waals surface area contributed by atoms with Gasteiger partial charge in [0.25, 0.3) is 0 Å². The topological polar surface area (TPSA) is 59.4 Å². The Balaban J connectivity index is 2.47. The second-order valence-electron chi connectivity index (χ2n) is 3.80. The average molecular weight is 207 g/mol. The second-order valence-corrected chi connectivity index (χ2v) is 3.80. The summed E-state index contributed by atoms with van der Waals surface area (Å²) in [6.07, 6.45) is 3.90. The lowest BCUT2D eigenvalue weighted by molar-refractivity contribution is -0.147. The Kier molecular flexibility index (Phi) is 2.34. The van der Waals surface area contributed by atoms with Crippen LogP contribution in [0.5, 0.6) is 5.88 Å². The molecule has 0 aliphatic heterocycles. The molecule has 4 nitrogen and oxygen atoms in total. The number of hydrogen-bond acceptors (Lipinski definition) is 3. The number of pyridine rings is 1. The number of rotatable bonds is 3. The first kappa shape index (κ1) is 9.96. The number of hydrogen-bond donors (Lipinski definition) is 1. The van der Waals surface area contributed by atoms with Crippen molar-refractivity contribution in [1.29, 1.82) is 0 Å². The lowest BCUT2D eigenvalue weighted by Crippen LogP contribution is -2.42. The number of methoxy groups -OCH3 is 1. The molecular formula is C11H13NO3. The molecule has 0 amide bonds. The van der Waals surface area contributed by atoms with Crippen LogP contribution in [0.1, 0.15) is 24.8 Å². The van der Waals surface area contributed by atoms with E-state index >= 15 is 0 Å². The Morgan fingerprint density at radius 2 is 2.33 bits per heavy atom. The summed E-state index contributed by atoms with van der Waals surface area (Å²) in [5.74, 6) is -0.348. The zero-order valence-corrected chi connectivity index (χ0v) is 8.56. The van der Waals surface area contributed by atoms with E-state index in [9.17, 15) is 9.90 Å². The number of carboxylic acids is 1. The van der Waals surface area contributed by atoms with Crippen molar-refractivity contribution in [3.8, 4) is 5.88 Å². The Bertz CT molecular complexity index is 385. The molecular weight excluding hydrogens is 194 g/mol. The predicted octanol–water partition coefficient (Wildman–Crippen LogP) is 1.60. The standard InChI is InChI=1S/C11H13NO3/c1-15-9-8(4-2-7-12-9)11(10(13)14)5-3-6-11/h2,4,7H,3,5-6H2,1H3,(H,13,14). The number of ether oxygens (including phenoxy) is 1. The van der Waals surface area contributed by atoms with Gasteiger partial charge in [-0.15, -0.1) is 0 Å². The van der Waals surface area contributed by atoms with E-state index in [0.717, 1.165) is 6.42 Å². The molecule has 1 saturated carbocycles. The fraction of sp³-hybridized carbons (Fsp3) is 0.455. The Hall–Kier alpha value is -1.58. The minimum absolute atomic E-state index is 0.430. The van der Waals surface area contributed by atoms with Gasteiger partial charge in [0.2, 0.25) is 5.88 Å². The average Bonchev–Trinajstić information content (AvgIpc) is 2.16. The fourth-order valence-electron chi connectivity index (χ4n) is 2.05. The molecule has 0 atom stereocenters. The van der Waals surface area contributed by atoms with Crippen molar-refractivity contribution in [3.63, 3.8) is 0 Å². The summed E-state index contributed by atoms with van der Waals surface area (Å²) in [4.78, 5) is 15.3. The Morgan fingerprint density at radius 1 is 1.60 bits per heavy atom. The van der Waals surface area contributed by atoms with Gasteiger partial charge in [-0.2, -0.15) is 0 Å². The lowest BCUT2D eigenvalue weighted by Gasteiger charge is -2.38. The highest BCUT2D eigenvalue weighted by atomic mass is 16.5. The van der Waals surface area contributed by atoms with Crippen LogP contribution < -0.4 is 4.74 Å². The molecule has 0 saturated heterocycles. The van der Waals surface area contributed by atoms with E-state index in [4.69, 9.17) is 4.74 Å². The van der Waals surface area contributed by atoms with E-state index in [1.807, 2.05) is 0 Å². The maximum Gasteiger partial charge on any atom is 0.314 e.